The molecule has 8 heteroatoms. The van der Waals surface area contributed by atoms with Crippen molar-refractivity contribution in [2.24, 2.45) is 0 Å². The van der Waals surface area contributed by atoms with Crippen molar-refractivity contribution >= 4 is 15.7 Å². The monoisotopic (exact) mass is 382 g/mol. The zero-order valence-corrected chi connectivity index (χ0v) is 15.3. The summed E-state index contributed by atoms with van der Waals surface area (Å²) in [6.07, 6.45) is -0.459. The van der Waals surface area contributed by atoms with Crippen LogP contribution in [-0.2, 0) is 10.0 Å². The average Bonchev–Trinajstić information content (AvgIpc) is 2.60. The molecule has 0 aromatic heterocycles. The Morgan fingerprint density at radius 1 is 1.15 bits per heavy atom. The Balaban J connectivity index is 1.83. The van der Waals surface area contributed by atoms with Gasteiger partial charge in [0.2, 0.25) is 10.0 Å². The number of halogens is 2. The van der Waals surface area contributed by atoms with Gasteiger partial charge in [0.1, 0.15) is 23.5 Å². The van der Waals surface area contributed by atoms with Gasteiger partial charge < -0.3 is 9.64 Å². The Bertz CT molecular complexity index is 885. The molecule has 0 unspecified atom stereocenters. The van der Waals surface area contributed by atoms with E-state index in [0.717, 1.165) is 34.7 Å². The molecule has 0 radical (unpaired) electrons. The van der Waals surface area contributed by atoms with Crippen LogP contribution in [0.5, 0.6) is 5.75 Å². The summed E-state index contributed by atoms with van der Waals surface area (Å²) >= 11 is 0. The maximum absolute atomic E-state index is 13.9. The van der Waals surface area contributed by atoms with Gasteiger partial charge in [0.25, 0.3) is 0 Å². The number of anilines is 1. The first kappa shape index (κ1) is 18.6. The normalized spacial score (nSPS) is 17.1. The number of nitrogens with zero attached hydrogens (tertiary/aromatic N) is 2. The van der Waals surface area contributed by atoms with Crippen LogP contribution >= 0.6 is 0 Å². The summed E-state index contributed by atoms with van der Waals surface area (Å²) in [4.78, 5) is 1.14. The molecule has 1 atom stereocenters. The predicted molar refractivity (Wildman–Crippen MR) is 94.9 cm³/mol. The summed E-state index contributed by atoms with van der Waals surface area (Å²) in [6.45, 7) is 3.18. The molecule has 5 nitrogen and oxygen atoms in total. The molecule has 26 heavy (non-hydrogen) atoms. The number of benzene rings is 2. The fraction of sp³-hybridized carbons (Fsp3) is 0.333. The summed E-state index contributed by atoms with van der Waals surface area (Å²) in [6, 6.07) is 10.5. The molecule has 0 amide bonds. The van der Waals surface area contributed by atoms with Crippen molar-refractivity contribution in [3.8, 4) is 5.75 Å². The van der Waals surface area contributed by atoms with Gasteiger partial charge in [-0.15, -0.1) is 0 Å². The maximum atomic E-state index is 13.9. The van der Waals surface area contributed by atoms with E-state index in [1.165, 1.54) is 7.05 Å². The van der Waals surface area contributed by atoms with Crippen molar-refractivity contribution in [1.29, 1.82) is 0 Å². The molecule has 3 rings (SSSR count). The van der Waals surface area contributed by atoms with Crippen molar-refractivity contribution in [2.75, 3.05) is 31.6 Å². The smallest absolute Gasteiger partial charge is 0.248 e. The molecule has 0 saturated carbocycles. The van der Waals surface area contributed by atoms with E-state index >= 15 is 0 Å². The van der Waals surface area contributed by atoms with Crippen LogP contribution in [0.2, 0.25) is 0 Å². The van der Waals surface area contributed by atoms with Crippen LogP contribution in [-0.4, -0.2) is 45.5 Å². The summed E-state index contributed by atoms with van der Waals surface area (Å²) < 4.78 is 59.9. The second-order valence-electron chi connectivity index (χ2n) is 6.08. The van der Waals surface area contributed by atoms with Gasteiger partial charge in [0, 0.05) is 13.6 Å². The van der Waals surface area contributed by atoms with E-state index in [0.29, 0.717) is 12.3 Å². The number of fused-ring (bicyclic) bond motifs is 1. The standard InChI is InChI=1S/C18H20F2N2O3S/c1-3-22-12-13(25-17-10-5-4-9-16(17)22)11-21(2)26(23,24)18-14(19)7-6-8-15(18)20/h4-10,13H,3,11-12H2,1-2H3/t13-/m1/s1. The maximum Gasteiger partial charge on any atom is 0.248 e. The van der Waals surface area contributed by atoms with Gasteiger partial charge in [-0.05, 0) is 31.2 Å². The van der Waals surface area contributed by atoms with Gasteiger partial charge in [-0.25, -0.2) is 17.2 Å². The van der Waals surface area contributed by atoms with Crippen molar-refractivity contribution in [2.45, 2.75) is 17.9 Å². The lowest BCUT2D eigenvalue weighted by atomic mass is 10.2. The zero-order valence-electron chi connectivity index (χ0n) is 14.5. The first-order chi connectivity index (χ1) is 12.3. The Kier molecular flexibility index (Phi) is 5.15. The SMILES string of the molecule is CCN1C[C@@H](CN(C)S(=O)(=O)c2c(F)cccc2F)Oc2ccccc21. The molecule has 0 fully saturated rings. The zero-order chi connectivity index (χ0) is 18.9. The van der Waals surface area contributed by atoms with E-state index in [9.17, 15) is 17.2 Å². The minimum absolute atomic E-state index is 0.0268. The Morgan fingerprint density at radius 3 is 2.46 bits per heavy atom. The summed E-state index contributed by atoms with van der Waals surface area (Å²) in [5.41, 5.74) is 0.942. The molecular weight excluding hydrogens is 362 g/mol. The molecule has 2 aromatic carbocycles. The number of sulfonamides is 1. The van der Waals surface area contributed by atoms with Gasteiger partial charge >= 0.3 is 0 Å². The quantitative estimate of drug-likeness (QED) is 0.798. The molecule has 0 saturated heterocycles. The number of likely N-dealkylation sites (N-methyl/N-ethyl adjacent to an activating group) is 2. The Morgan fingerprint density at radius 2 is 1.81 bits per heavy atom. The highest BCUT2D eigenvalue weighted by molar-refractivity contribution is 7.89. The predicted octanol–water partition coefficient (Wildman–Crippen LogP) is 2.87. The van der Waals surface area contributed by atoms with Crippen molar-refractivity contribution < 1.29 is 21.9 Å². The Hall–Kier alpha value is -2.19. The molecule has 1 heterocycles. The molecule has 0 spiro atoms. The molecule has 0 bridgehead atoms. The number of hydrogen-bond donors (Lipinski definition) is 0. The summed E-state index contributed by atoms with van der Waals surface area (Å²) in [7, 11) is -3.02. The molecule has 0 aliphatic carbocycles. The lowest BCUT2D eigenvalue weighted by Crippen LogP contribution is -2.47. The van der Waals surface area contributed by atoms with E-state index in [1.54, 1.807) is 0 Å². The topological polar surface area (TPSA) is 49.9 Å². The lowest BCUT2D eigenvalue weighted by Gasteiger charge is -2.37. The first-order valence-corrected chi connectivity index (χ1v) is 9.69. The molecule has 1 aliphatic rings. The van der Waals surface area contributed by atoms with Gasteiger partial charge in [0.15, 0.2) is 4.90 Å². The lowest BCUT2D eigenvalue weighted by molar-refractivity contribution is 0.171. The van der Waals surface area contributed by atoms with Gasteiger partial charge in [-0.1, -0.05) is 18.2 Å². The van der Waals surface area contributed by atoms with Crippen LogP contribution < -0.4 is 9.64 Å². The largest absolute Gasteiger partial charge is 0.485 e. The third-order valence-corrected chi connectivity index (χ3v) is 6.23. The minimum Gasteiger partial charge on any atom is -0.485 e. The summed E-state index contributed by atoms with van der Waals surface area (Å²) in [5.74, 6) is -1.56. The van der Waals surface area contributed by atoms with E-state index in [2.05, 4.69) is 4.90 Å². The minimum atomic E-state index is -4.32. The van der Waals surface area contributed by atoms with Crippen LogP contribution in [0, 0.1) is 11.6 Å². The highest BCUT2D eigenvalue weighted by Gasteiger charge is 2.32. The molecule has 1 aliphatic heterocycles. The van der Waals surface area contributed by atoms with E-state index in [1.807, 2.05) is 31.2 Å². The van der Waals surface area contributed by atoms with Crippen molar-refractivity contribution in [3.63, 3.8) is 0 Å². The molecule has 140 valence electrons. The van der Waals surface area contributed by atoms with Crippen LogP contribution in [0.25, 0.3) is 0 Å². The second-order valence-corrected chi connectivity index (χ2v) is 8.06. The average molecular weight is 382 g/mol. The number of ether oxygens (including phenoxy) is 1. The van der Waals surface area contributed by atoms with Crippen LogP contribution in [0.1, 0.15) is 6.92 Å². The van der Waals surface area contributed by atoms with Crippen molar-refractivity contribution in [3.05, 3.63) is 54.1 Å². The van der Waals surface area contributed by atoms with E-state index in [4.69, 9.17) is 4.74 Å². The fourth-order valence-corrected chi connectivity index (χ4v) is 4.35. The number of rotatable bonds is 5. The number of hydrogen-bond acceptors (Lipinski definition) is 4. The Labute approximate surface area is 151 Å². The van der Waals surface area contributed by atoms with Crippen LogP contribution in [0.4, 0.5) is 14.5 Å². The molecule has 0 N–H and O–H groups in total. The molecule has 2 aromatic rings. The van der Waals surface area contributed by atoms with Gasteiger partial charge in [0.05, 0.1) is 18.8 Å². The second kappa shape index (κ2) is 7.20. The number of para-hydroxylation sites is 2. The third kappa shape index (κ3) is 3.39. The first-order valence-electron chi connectivity index (χ1n) is 8.25. The summed E-state index contributed by atoms with van der Waals surface area (Å²) in [5, 5.41) is 0. The van der Waals surface area contributed by atoms with Crippen LogP contribution in [0.15, 0.2) is 47.4 Å². The highest BCUT2D eigenvalue weighted by atomic mass is 32.2. The van der Waals surface area contributed by atoms with Gasteiger partial charge in [-0.2, -0.15) is 4.31 Å². The highest BCUT2D eigenvalue weighted by Crippen LogP contribution is 2.33. The fourth-order valence-electron chi connectivity index (χ4n) is 3.04. The van der Waals surface area contributed by atoms with Gasteiger partial charge in [-0.3, -0.25) is 0 Å². The van der Waals surface area contributed by atoms with E-state index < -0.39 is 32.7 Å². The molecular formula is C18H20F2N2O3S. The third-order valence-electron chi connectivity index (χ3n) is 4.35. The van der Waals surface area contributed by atoms with Crippen molar-refractivity contribution in [1.82, 2.24) is 4.31 Å². The van der Waals surface area contributed by atoms with E-state index in [-0.39, 0.29) is 6.54 Å². The van der Waals surface area contributed by atoms with Crippen LogP contribution in [0.3, 0.4) is 0 Å².